The lowest BCUT2D eigenvalue weighted by Gasteiger charge is -2.35. The number of piperazine rings is 1. The monoisotopic (exact) mass is 599 g/mol. The molecular formula is C32H37N7O5. The first-order valence-electron chi connectivity index (χ1n) is 14.4. The van der Waals surface area contributed by atoms with Crippen molar-refractivity contribution in [2.75, 3.05) is 52.8 Å². The fraction of sp³-hybridized carbons (Fsp3) is 0.344. The summed E-state index contributed by atoms with van der Waals surface area (Å²) in [5.74, 6) is 0.253. The number of nitrogens with zero attached hydrogens (tertiary/aromatic N) is 5. The lowest BCUT2D eigenvalue weighted by Crippen LogP contribution is -2.55. The fourth-order valence-electron chi connectivity index (χ4n) is 5.08. The Balaban J connectivity index is 1.27. The molecule has 3 amide bonds. The standard InChI is InChI=1S/C32H37N7O5/c1-20(2)29(32(42)38-16-14-37(3)15-17-38)35-30(40)21-6-9-23(10-7-21)34-31(41)24-19-28-33-13-12-25(39(28)36-24)22-8-11-26(43-4)27(18-22)44-5/h6-13,18-20,29H,14-17H2,1-5H3,(H,34,41)(H,35,40). The second-order valence-electron chi connectivity index (χ2n) is 11.1. The van der Waals surface area contributed by atoms with Crippen LogP contribution in [0.3, 0.4) is 0 Å². The molecule has 1 fully saturated rings. The van der Waals surface area contributed by atoms with Crippen molar-refractivity contribution in [3.05, 3.63) is 72.1 Å². The highest BCUT2D eigenvalue weighted by molar-refractivity contribution is 6.04. The van der Waals surface area contributed by atoms with Crippen molar-refractivity contribution in [2.24, 2.45) is 5.92 Å². The molecule has 1 saturated heterocycles. The van der Waals surface area contributed by atoms with E-state index >= 15 is 0 Å². The van der Waals surface area contributed by atoms with E-state index < -0.39 is 11.9 Å². The van der Waals surface area contributed by atoms with Crippen molar-refractivity contribution in [2.45, 2.75) is 19.9 Å². The Morgan fingerprint density at radius 2 is 1.57 bits per heavy atom. The minimum Gasteiger partial charge on any atom is -0.493 e. The maximum atomic E-state index is 13.2. The number of likely N-dealkylation sites (N-methyl/N-ethyl adjacent to an activating group) is 1. The molecule has 4 aromatic rings. The third-order valence-electron chi connectivity index (χ3n) is 7.71. The number of hydrogen-bond acceptors (Lipinski definition) is 8. The minimum absolute atomic E-state index is 0.0680. The van der Waals surface area contributed by atoms with Crippen LogP contribution in [0, 0.1) is 5.92 Å². The number of rotatable bonds is 9. The van der Waals surface area contributed by atoms with Gasteiger partial charge in [-0.25, -0.2) is 9.50 Å². The van der Waals surface area contributed by atoms with Gasteiger partial charge in [0.25, 0.3) is 11.8 Å². The van der Waals surface area contributed by atoms with E-state index in [0.29, 0.717) is 41.5 Å². The van der Waals surface area contributed by atoms with Gasteiger partial charge in [-0.3, -0.25) is 14.4 Å². The number of amides is 3. The molecule has 3 heterocycles. The minimum atomic E-state index is -0.627. The average molecular weight is 600 g/mol. The number of benzene rings is 2. The van der Waals surface area contributed by atoms with Crippen LogP contribution < -0.4 is 20.1 Å². The zero-order valence-corrected chi connectivity index (χ0v) is 25.5. The highest BCUT2D eigenvalue weighted by Crippen LogP contribution is 2.32. The molecule has 0 bridgehead atoms. The Kier molecular flexibility index (Phi) is 9.09. The van der Waals surface area contributed by atoms with Crippen LogP contribution in [0.1, 0.15) is 34.7 Å². The molecule has 5 rings (SSSR count). The summed E-state index contributed by atoms with van der Waals surface area (Å²) in [5.41, 5.74) is 3.08. The zero-order valence-electron chi connectivity index (χ0n) is 25.5. The van der Waals surface area contributed by atoms with Crippen LogP contribution in [-0.2, 0) is 4.79 Å². The van der Waals surface area contributed by atoms with Gasteiger partial charge in [-0.1, -0.05) is 13.8 Å². The van der Waals surface area contributed by atoms with Crippen molar-refractivity contribution in [1.82, 2.24) is 29.7 Å². The van der Waals surface area contributed by atoms with Gasteiger partial charge in [0.15, 0.2) is 22.8 Å². The predicted molar refractivity (Wildman–Crippen MR) is 166 cm³/mol. The highest BCUT2D eigenvalue weighted by Gasteiger charge is 2.30. The second-order valence-corrected chi connectivity index (χ2v) is 11.1. The molecule has 1 aliphatic rings. The topological polar surface area (TPSA) is 130 Å². The van der Waals surface area contributed by atoms with Gasteiger partial charge in [0, 0.05) is 55.3 Å². The number of methoxy groups -OCH3 is 2. The van der Waals surface area contributed by atoms with Crippen LogP contribution in [0.25, 0.3) is 16.9 Å². The third kappa shape index (κ3) is 6.50. The number of fused-ring (bicyclic) bond motifs is 1. The van der Waals surface area contributed by atoms with E-state index in [4.69, 9.17) is 9.47 Å². The van der Waals surface area contributed by atoms with E-state index in [1.807, 2.05) is 37.9 Å². The van der Waals surface area contributed by atoms with Crippen LogP contribution in [0.15, 0.2) is 60.8 Å². The summed E-state index contributed by atoms with van der Waals surface area (Å²) < 4.78 is 12.4. The smallest absolute Gasteiger partial charge is 0.276 e. The number of ether oxygens (including phenoxy) is 2. The molecule has 2 N–H and O–H groups in total. The summed E-state index contributed by atoms with van der Waals surface area (Å²) in [4.78, 5) is 47.7. The fourth-order valence-corrected chi connectivity index (χ4v) is 5.08. The van der Waals surface area contributed by atoms with Gasteiger partial charge in [-0.15, -0.1) is 0 Å². The summed E-state index contributed by atoms with van der Waals surface area (Å²) in [5, 5.41) is 10.2. The largest absolute Gasteiger partial charge is 0.493 e. The molecule has 0 aliphatic carbocycles. The third-order valence-corrected chi connectivity index (χ3v) is 7.71. The van der Waals surface area contributed by atoms with Crippen LogP contribution in [0.5, 0.6) is 11.5 Å². The van der Waals surface area contributed by atoms with Gasteiger partial charge in [-0.2, -0.15) is 5.10 Å². The Morgan fingerprint density at radius 1 is 0.864 bits per heavy atom. The normalized spacial score (nSPS) is 14.4. The molecule has 2 aromatic carbocycles. The molecule has 12 heteroatoms. The molecule has 0 radical (unpaired) electrons. The SMILES string of the molecule is COc1ccc(-c2ccnc3cc(C(=O)Nc4ccc(C(=O)NC(C(=O)N5CCN(C)CC5)C(C)C)cc4)nn23)cc1OC. The molecule has 0 saturated carbocycles. The van der Waals surface area contributed by atoms with Gasteiger partial charge < -0.3 is 29.9 Å². The van der Waals surface area contributed by atoms with E-state index in [-0.39, 0.29) is 23.4 Å². The van der Waals surface area contributed by atoms with Crippen LogP contribution in [0.4, 0.5) is 5.69 Å². The molecule has 44 heavy (non-hydrogen) atoms. The van der Waals surface area contributed by atoms with E-state index in [0.717, 1.165) is 24.3 Å². The van der Waals surface area contributed by atoms with Crippen molar-refractivity contribution in [3.63, 3.8) is 0 Å². The van der Waals surface area contributed by atoms with Crippen LogP contribution >= 0.6 is 0 Å². The number of nitrogens with one attached hydrogen (secondary N) is 2. The second kappa shape index (κ2) is 13.1. The van der Waals surface area contributed by atoms with E-state index in [1.165, 1.54) is 0 Å². The molecule has 1 atom stereocenters. The first kappa shape index (κ1) is 30.5. The molecule has 1 aliphatic heterocycles. The summed E-state index contributed by atoms with van der Waals surface area (Å²) in [6.45, 7) is 6.74. The predicted octanol–water partition coefficient (Wildman–Crippen LogP) is 3.19. The summed E-state index contributed by atoms with van der Waals surface area (Å²) in [6, 6.07) is 14.8. The first-order chi connectivity index (χ1) is 21.2. The average Bonchev–Trinajstić information content (AvgIpc) is 3.48. The maximum Gasteiger partial charge on any atom is 0.276 e. The van der Waals surface area contributed by atoms with Crippen molar-refractivity contribution in [1.29, 1.82) is 0 Å². The zero-order chi connectivity index (χ0) is 31.4. The lowest BCUT2D eigenvalue weighted by atomic mass is 10.0. The van der Waals surface area contributed by atoms with Crippen molar-refractivity contribution >= 4 is 29.1 Å². The number of hydrogen-bond donors (Lipinski definition) is 2. The van der Waals surface area contributed by atoms with Crippen molar-refractivity contribution in [3.8, 4) is 22.8 Å². The Hall–Kier alpha value is -4.97. The Morgan fingerprint density at radius 3 is 2.23 bits per heavy atom. The number of carbonyl (C=O) groups is 3. The summed E-state index contributed by atoms with van der Waals surface area (Å²) in [6.07, 6.45) is 1.65. The van der Waals surface area contributed by atoms with Crippen LogP contribution in [-0.4, -0.2) is 95.6 Å². The Bertz CT molecular complexity index is 1660. The van der Waals surface area contributed by atoms with E-state index in [1.54, 1.807) is 67.4 Å². The van der Waals surface area contributed by atoms with Crippen LogP contribution in [0.2, 0.25) is 0 Å². The summed E-state index contributed by atoms with van der Waals surface area (Å²) in [7, 11) is 5.17. The molecule has 2 aromatic heterocycles. The quantitative estimate of drug-likeness (QED) is 0.300. The van der Waals surface area contributed by atoms with Crippen molar-refractivity contribution < 1.29 is 23.9 Å². The number of anilines is 1. The molecule has 230 valence electrons. The lowest BCUT2D eigenvalue weighted by molar-refractivity contribution is -0.135. The number of aromatic nitrogens is 3. The van der Waals surface area contributed by atoms with E-state index in [9.17, 15) is 14.4 Å². The maximum absolute atomic E-state index is 13.2. The molecule has 12 nitrogen and oxygen atoms in total. The molecular weight excluding hydrogens is 562 g/mol. The molecule has 1 unspecified atom stereocenters. The Labute approximate surface area is 256 Å². The van der Waals surface area contributed by atoms with E-state index in [2.05, 4.69) is 25.6 Å². The summed E-state index contributed by atoms with van der Waals surface area (Å²) >= 11 is 0. The van der Waals surface area contributed by atoms with Gasteiger partial charge in [0.1, 0.15) is 6.04 Å². The van der Waals surface area contributed by atoms with Gasteiger partial charge in [0.05, 0.1) is 19.9 Å². The first-order valence-corrected chi connectivity index (χ1v) is 14.4. The number of carbonyl (C=O) groups excluding carboxylic acids is 3. The van der Waals surface area contributed by atoms with Gasteiger partial charge in [0.2, 0.25) is 5.91 Å². The molecule has 0 spiro atoms. The highest BCUT2D eigenvalue weighted by atomic mass is 16.5. The van der Waals surface area contributed by atoms with Gasteiger partial charge >= 0.3 is 0 Å². The van der Waals surface area contributed by atoms with Gasteiger partial charge in [-0.05, 0) is 61.5 Å².